The van der Waals surface area contributed by atoms with Crippen molar-refractivity contribution in [2.24, 2.45) is 4.99 Å². The maximum absolute atomic E-state index is 13.5. The number of aromatic nitrogens is 1. The number of anilines is 1. The molecule has 0 atom stereocenters. The first-order chi connectivity index (χ1) is 14.2. The molecule has 1 saturated heterocycles. The van der Waals surface area contributed by atoms with Crippen LogP contribution in [0.3, 0.4) is 0 Å². The van der Waals surface area contributed by atoms with Gasteiger partial charge in [0.1, 0.15) is 11.6 Å². The molecule has 0 radical (unpaired) electrons. The van der Waals surface area contributed by atoms with Crippen molar-refractivity contribution >= 4 is 46.5 Å². The largest absolute Gasteiger partial charge is 0.506 e. The van der Waals surface area contributed by atoms with E-state index in [0.29, 0.717) is 5.75 Å². The molecule has 0 amide bonds. The van der Waals surface area contributed by atoms with Crippen LogP contribution in [-0.2, 0) is 6.42 Å². The predicted molar refractivity (Wildman–Crippen MR) is 131 cm³/mol. The average Bonchev–Trinajstić information content (AvgIpc) is 3.14. The Labute approximate surface area is 192 Å². The highest BCUT2D eigenvalue weighted by molar-refractivity contribution is 14.0. The smallest absolute Gasteiger partial charge is 0.193 e. The fourth-order valence-corrected chi connectivity index (χ4v) is 3.89. The van der Waals surface area contributed by atoms with Gasteiger partial charge in [-0.05, 0) is 42.3 Å². The van der Waals surface area contributed by atoms with Crippen molar-refractivity contribution in [1.82, 2.24) is 15.2 Å². The van der Waals surface area contributed by atoms with Gasteiger partial charge >= 0.3 is 0 Å². The van der Waals surface area contributed by atoms with E-state index in [2.05, 4.69) is 25.1 Å². The molecule has 30 heavy (non-hydrogen) atoms. The van der Waals surface area contributed by atoms with Gasteiger partial charge in [0.05, 0.1) is 5.69 Å². The summed E-state index contributed by atoms with van der Waals surface area (Å²) >= 11 is 0. The van der Waals surface area contributed by atoms with Crippen LogP contribution in [0.4, 0.5) is 10.1 Å². The van der Waals surface area contributed by atoms with Crippen LogP contribution in [0.15, 0.2) is 53.7 Å². The Bertz CT molecular complexity index is 1010. The van der Waals surface area contributed by atoms with Crippen molar-refractivity contribution in [3.8, 4) is 5.75 Å². The molecule has 0 bridgehead atoms. The van der Waals surface area contributed by atoms with Gasteiger partial charge in [0.2, 0.25) is 0 Å². The van der Waals surface area contributed by atoms with Crippen LogP contribution in [0.1, 0.15) is 5.56 Å². The van der Waals surface area contributed by atoms with Gasteiger partial charge in [-0.2, -0.15) is 0 Å². The number of aliphatic imine (C=N–C) groups is 1. The van der Waals surface area contributed by atoms with Crippen LogP contribution in [0, 0.1) is 5.82 Å². The van der Waals surface area contributed by atoms with E-state index in [9.17, 15) is 9.50 Å². The van der Waals surface area contributed by atoms with Crippen LogP contribution in [0.2, 0.25) is 0 Å². The lowest BCUT2D eigenvalue weighted by Crippen LogP contribution is -2.52. The SMILES string of the molecule is CN=C(NCCc1c[nH]c2ccc(F)cc12)N1CCN(c2ccccc2O)CC1.I. The lowest BCUT2D eigenvalue weighted by atomic mass is 10.1. The monoisotopic (exact) mass is 523 g/mol. The summed E-state index contributed by atoms with van der Waals surface area (Å²) in [6.07, 6.45) is 2.72. The molecule has 6 nitrogen and oxygen atoms in total. The molecule has 1 aromatic heterocycles. The highest BCUT2D eigenvalue weighted by Crippen LogP contribution is 2.27. The zero-order chi connectivity index (χ0) is 20.2. The van der Waals surface area contributed by atoms with Crippen LogP contribution >= 0.6 is 24.0 Å². The molecule has 3 N–H and O–H groups in total. The third-order valence-corrected chi connectivity index (χ3v) is 5.42. The number of phenols is 1. The van der Waals surface area contributed by atoms with Crippen molar-refractivity contribution in [1.29, 1.82) is 0 Å². The van der Waals surface area contributed by atoms with E-state index in [-0.39, 0.29) is 29.8 Å². The predicted octanol–water partition coefficient (Wildman–Crippen LogP) is 3.57. The number of nitrogens with zero attached hydrogens (tertiary/aromatic N) is 3. The summed E-state index contributed by atoms with van der Waals surface area (Å²) in [6, 6.07) is 12.3. The van der Waals surface area contributed by atoms with E-state index in [1.807, 2.05) is 24.4 Å². The minimum absolute atomic E-state index is 0. The molecule has 8 heteroatoms. The lowest BCUT2D eigenvalue weighted by Gasteiger charge is -2.37. The molecule has 3 aromatic rings. The van der Waals surface area contributed by atoms with E-state index in [1.54, 1.807) is 25.2 Å². The van der Waals surface area contributed by atoms with E-state index < -0.39 is 0 Å². The molecule has 1 aliphatic rings. The number of fused-ring (bicyclic) bond motifs is 1. The first-order valence-corrected chi connectivity index (χ1v) is 9.90. The third kappa shape index (κ3) is 4.80. The van der Waals surface area contributed by atoms with Gasteiger partial charge in [-0.1, -0.05) is 12.1 Å². The first kappa shape index (κ1) is 22.2. The van der Waals surface area contributed by atoms with Crippen molar-refractivity contribution in [2.45, 2.75) is 6.42 Å². The van der Waals surface area contributed by atoms with E-state index in [0.717, 1.165) is 67.3 Å². The van der Waals surface area contributed by atoms with Gasteiger partial charge in [-0.25, -0.2) is 4.39 Å². The lowest BCUT2D eigenvalue weighted by molar-refractivity contribution is 0.370. The molecule has 2 heterocycles. The second-order valence-corrected chi connectivity index (χ2v) is 7.19. The normalized spacial score (nSPS) is 14.7. The highest BCUT2D eigenvalue weighted by Gasteiger charge is 2.21. The number of aromatic amines is 1. The molecular weight excluding hydrogens is 496 g/mol. The topological polar surface area (TPSA) is 66.9 Å². The van der Waals surface area contributed by atoms with Crippen LogP contribution in [-0.4, -0.2) is 60.7 Å². The zero-order valence-electron chi connectivity index (χ0n) is 16.9. The van der Waals surface area contributed by atoms with E-state index in [4.69, 9.17) is 0 Å². The number of H-pyrrole nitrogens is 1. The number of guanidine groups is 1. The molecule has 0 saturated carbocycles. The molecule has 4 rings (SSSR count). The molecular formula is C22H27FIN5O. The second-order valence-electron chi connectivity index (χ2n) is 7.19. The zero-order valence-corrected chi connectivity index (χ0v) is 19.3. The Morgan fingerprint density at radius 2 is 1.93 bits per heavy atom. The van der Waals surface area contributed by atoms with Gasteiger partial charge < -0.3 is 25.2 Å². The third-order valence-electron chi connectivity index (χ3n) is 5.42. The molecule has 0 spiro atoms. The number of benzene rings is 2. The van der Waals surface area contributed by atoms with Crippen LogP contribution < -0.4 is 10.2 Å². The number of hydrogen-bond acceptors (Lipinski definition) is 3. The maximum Gasteiger partial charge on any atom is 0.193 e. The number of hydrogen-bond donors (Lipinski definition) is 3. The van der Waals surface area contributed by atoms with E-state index in [1.165, 1.54) is 6.07 Å². The quantitative estimate of drug-likeness (QED) is 0.278. The average molecular weight is 523 g/mol. The molecule has 0 unspecified atom stereocenters. The Kier molecular flexibility index (Phi) is 7.41. The summed E-state index contributed by atoms with van der Waals surface area (Å²) in [5, 5.41) is 14.4. The summed E-state index contributed by atoms with van der Waals surface area (Å²) in [5.74, 6) is 0.969. The van der Waals surface area contributed by atoms with Crippen molar-refractivity contribution < 1.29 is 9.50 Å². The minimum Gasteiger partial charge on any atom is -0.506 e. The number of para-hydroxylation sites is 2. The van der Waals surface area contributed by atoms with Gasteiger partial charge in [0, 0.05) is 56.9 Å². The second kappa shape index (κ2) is 10.0. The highest BCUT2D eigenvalue weighted by atomic mass is 127. The van der Waals surface area contributed by atoms with Crippen molar-refractivity contribution in [2.75, 3.05) is 44.7 Å². The van der Waals surface area contributed by atoms with Crippen molar-refractivity contribution in [3.63, 3.8) is 0 Å². The molecule has 160 valence electrons. The Morgan fingerprint density at radius 3 is 2.67 bits per heavy atom. The fourth-order valence-electron chi connectivity index (χ4n) is 3.89. The van der Waals surface area contributed by atoms with Gasteiger partial charge in [0.15, 0.2) is 5.96 Å². The summed E-state index contributed by atoms with van der Waals surface area (Å²) in [7, 11) is 1.79. The van der Waals surface area contributed by atoms with Gasteiger partial charge in [-0.3, -0.25) is 4.99 Å². The van der Waals surface area contributed by atoms with Gasteiger partial charge in [0.25, 0.3) is 0 Å². The Hall–Kier alpha value is -2.49. The number of halogens is 2. The standard InChI is InChI=1S/C22H26FN5O.HI/c1-24-22(25-9-8-16-15-26-19-7-6-17(23)14-18(16)19)28-12-10-27(11-13-28)20-4-2-3-5-21(20)29;/h2-7,14-15,26,29H,8-13H2,1H3,(H,24,25);1H. The number of rotatable bonds is 4. The molecule has 1 aliphatic heterocycles. The Balaban J connectivity index is 0.00000256. The van der Waals surface area contributed by atoms with Crippen LogP contribution in [0.25, 0.3) is 10.9 Å². The maximum atomic E-state index is 13.5. The van der Waals surface area contributed by atoms with Crippen molar-refractivity contribution in [3.05, 3.63) is 60.0 Å². The van der Waals surface area contributed by atoms with Crippen LogP contribution in [0.5, 0.6) is 5.75 Å². The molecule has 2 aromatic carbocycles. The Morgan fingerprint density at radius 1 is 1.17 bits per heavy atom. The van der Waals surface area contributed by atoms with E-state index >= 15 is 0 Å². The summed E-state index contributed by atoms with van der Waals surface area (Å²) in [4.78, 5) is 12.0. The van der Waals surface area contributed by atoms with Gasteiger partial charge in [-0.15, -0.1) is 24.0 Å². The summed E-state index contributed by atoms with van der Waals surface area (Å²) in [6.45, 7) is 4.01. The minimum atomic E-state index is -0.218. The number of nitrogens with one attached hydrogen (secondary N) is 2. The fraction of sp³-hybridized carbons (Fsp3) is 0.318. The number of aromatic hydroxyl groups is 1. The summed E-state index contributed by atoms with van der Waals surface area (Å²) < 4.78 is 13.5. The molecule has 0 aliphatic carbocycles. The summed E-state index contributed by atoms with van der Waals surface area (Å²) in [5.41, 5.74) is 2.92. The first-order valence-electron chi connectivity index (χ1n) is 9.90. The number of piperazine rings is 1. The molecule has 1 fully saturated rings. The number of phenolic OH excluding ortho intramolecular Hbond substituents is 1.